The van der Waals surface area contributed by atoms with Gasteiger partial charge in [-0.3, -0.25) is 9.10 Å². The first-order valence-electron chi connectivity index (χ1n) is 8.58. The Morgan fingerprint density at radius 3 is 2.57 bits per heavy atom. The van der Waals surface area contributed by atoms with Crippen molar-refractivity contribution in [3.8, 4) is 0 Å². The standard InChI is InChI=1S/C20H13F3N2O3S2/c21-13-3-1-2-12(8-13)11-25-17-6-7-29-20(17)19(26)18(30(25,27)28)10-24-16-9-14(22)4-5-15(16)23/h1-10,24H,11H2. The van der Waals surface area contributed by atoms with Crippen LogP contribution in [0.1, 0.15) is 15.2 Å². The number of sulfonamides is 1. The summed E-state index contributed by atoms with van der Waals surface area (Å²) in [6, 6.07) is 9.56. The van der Waals surface area contributed by atoms with E-state index >= 15 is 0 Å². The Bertz CT molecular complexity index is 1290. The number of anilines is 2. The summed E-state index contributed by atoms with van der Waals surface area (Å²) in [7, 11) is -4.35. The number of ketones is 1. The van der Waals surface area contributed by atoms with Crippen LogP contribution >= 0.6 is 11.3 Å². The fourth-order valence-electron chi connectivity index (χ4n) is 3.01. The van der Waals surface area contributed by atoms with Crippen molar-refractivity contribution in [2.45, 2.75) is 6.54 Å². The molecule has 0 atom stereocenters. The highest BCUT2D eigenvalue weighted by molar-refractivity contribution is 7.97. The van der Waals surface area contributed by atoms with Gasteiger partial charge in [-0.2, -0.15) is 0 Å². The summed E-state index contributed by atoms with van der Waals surface area (Å²) in [4.78, 5) is 12.3. The Hall–Kier alpha value is -3.11. The topological polar surface area (TPSA) is 66.5 Å². The van der Waals surface area contributed by atoms with E-state index in [-0.39, 0.29) is 22.8 Å². The van der Waals surface area contributed by atoms with Crippen LogP contribution in [0, 0.1) is 17.5 Å². The monoisotopic (exact) mass is 450 g/mol. The Kier molecular flexibility index (Phi) is 5.12. The van der Waals surface area contributed by atoms with Gasteiger partial charge in [-0.1, -0.05) is 12.1 Å². The van der Waals surface area contributed by atoms with E-state index in [1.54, 1.807) is 11.4 Å². The first-order chi connectivity index (χ1) is 14.3. The number of benzene rings is 2. The number of hydrogen-bond donors (Lipinski definition) is 1. The zero-order chi connectivity index (χ0) is 21.5. The molecule has 4 rings (SSSR count). The number of nitrogens with one attached hydrogen (secondary N) is 1. The van der Waals surface area contributed by atoms with E-state index in [1.807, 2.05) is 0 Å². The van der Waals surface area contributed by atoms with Crippen molar-refractivity contribution < 1.29 is 26.4 Å². The zero-order valence-corrected chi connectivity index (χ0v) is 16.7. The molecule has 30 heavy (non-hydrogen) atoms. The van der Waals surface area contributed by atoms with Gasteiger partial charge in [0.2, 0.25) is 5.78 Å². The number of halogens is 3. The number of hydrogen-bond acceptors (Lipinski definition) is 5. The van der Waals surface area contributed by atoms with Gasteiger partial charge in [0.05, 0.1) is 17.9 Å². The van der Waals surface area contributed by atoms with Crippen LogP contribution in [0.15, 0.2) is 65.0 Å². The van der Waals surface area contributed by atoms with E-state index in [4.69, 9.17) is 0 Å². The molecule has 0 spiro atoms. The maximum absolute atomic E-state index is 13.9. The molecule has 0 unspecified atom stereocenters. The fraction of sp³-hybridized carbons (Fsp3) is 0.0500. The molecule has 1 aliphatic heterocycles. The molecule has 154 valence electrons. The number of carbonyl (C=O) groups excluding carboxylic acids is 1. The first kappa shape index (κ1) is 20.2. The lowest BCUT2D eigenvalue weighted by atomic mass is 10.2. The SMILES string of the molecule is O=C1C(=CNc2cc(F)ccc2F)S(=O)(=O)N(Cc2cccc(F)c2)c2ccsc21. The van der Waals surface area contributed by atoms with Gasteiger partial charge in [0.15, 0.2) is 4.91 Å². The number of thiophene rings is 1. The predicted octanol–water partition coefficient (Wildman–Crippen LogP) is 4.65. The van der Waals surface area contributed by atoms with E-state index in [9.17, 15) is 26.4 Å². The molecular weight excluding hydrogens is 437 g/mol. The van der Waals surface area contributed by atoms with Crippen LogP contribution in [-0.4, -0.2) is 14.2 Å². The van der Waals surface area contributed by atoms with Crippen molar-refractivity contribution in [3.63, 3.8) is 0 Å². The largest absolute Gasteiger partial charge is 0.358 e. The van der Waals surface area contributed by atoms with Crippen molar-refractivity contribution in [3.05, 3.63) is 92.9 Å². The Morgan fingerprint density at radius 1 is 1.03 bits per heavy atom. The van der Waals surface area contributed by atoms with Crippen LogP contribution in [0.25, 0.3) is 0 Å². The summed E-state index contributed by atoms with van der Waals surface area (Å²) in [6.45, 7) is -0.206. The van der Waals surface area contributed by atoms with Crippen molar-refractivity contribution in [2.24, 2.45) is 0 Å². The summed E-state index contributed by atoms with van der Waals surface area (Å²) in [5, 5.41) is 3.94. The fourth-order valence-corrected chi connectivity index (χ4v) is 5.49. The number of carbonyl (C=O) groups is 1. The van der Waals surface area contributed by atoms with Gasteiger partial charge < -0.3 is 5.32 Å². The third kappa shape index (κ3) is 3.59. The lowest BCUT2D eigenvalue weighted by Gasteiger charge is -2.29. The maximum atomic E-state index is 13.9. The molecule has 1 aliphatic rings. The Morgan fingerprint density at radius 2 is 1.80 bits per heavy atom. The van der Waals surface area contributed by atoms with Gasteiger partial charge in [-0.25, -0.2) is 21.6 Å². The van der Waals surface area contributed by atoms with Crippen molar-refractivity contribution >= 4 is 38.5 Å². The van der Waals surface area contributed by atoms with Crippen LogP contribution in [0.4, 0.5) is 24.5 Å². The quantitative estimate of drug-likeness (QED) is 0.588. The maximum Gasteiger partial charge on any atom is 0.270 e. The minimum atomic E-state index is -4.35. The molecular formula is C20H13F3N2O3S2. The van der Waals surface area contributed by atoms with E-state index in [0.29, 0.717) is 5.56 Å². The lowest BCUT2D eigenvalue weighted by Crippen LogP contribution is -2.38. The summed E-state index contributed by atoms with van der Waals surface area (Å²) in [6.07, 6.45) is 0.844. The second kappa shape index (κ2) is 7.62. The summed E-state index contributed by atoms with van der Waals surface area (Å²) < 4.78 is 68.2. The van der Waals surface area contributed by atoms with Crippen molar-refractivity contribution in [1.29, 1.82) is 0 Å². The molecule has 0 aliphatic carbocycles. The molecule has 10 heteroatoms. The average Bonchev–Trinajstić information content (AvgIpc) is 3.17. The number of nitrogens with zero attached hydrogens (tertiary/aromatic N) is 1. The molecule has 0 saturated heterocycles. The molecule has 5 nitrogen and oxygen atoms in total. The molecule has 2 aromatic carbocycles. The molecule has 2 heterocycles. The summed E-state index contributed by atoms with van der Waals surface area (Å²) >= 11 is 1.05. The van der Waals surface area contributed by atoms with Gasteiger partial charge in [-0.05, 0) is 41.3 Å². The number of fused-ring (bicyclic) bond motifs is 1. The van der Waals surface area contributed by atoms with Gasteiger partial charge in [0, 0.05) is 12.3 Å². The number of Topliss-reactive ketones (excluding diaryl/α,β-unsaturated/α-hetero) is 1. The highest BCUT2D eigenvalue weighted by Crippen LogP contribution is 2.39. The normalized spacial score (nSPS) is 16.6. The van der Waals surface area contributed by atoms with Gasteiger partial charge in [0.25, 0.3) is 10.0 Å². The molecule has 0 radical (unpaired) electrons. The van der Waals surface area contributed by atoms with E-state index in [2.05, 4.69) is 5.32 Å². The zero-order valence-electron chi connectivity index (χ0n) is 15.1. The molecule has 0 saturated carbocycles. The number of allylic oxidation sites excluding steroid dienone is 1. The van der Waals surface area contributed by atoms with Crippen LogP contribution < -0.4 is 9.62 Å². The lowest BCUT2D eigenvalue weighted by molar-refractivity contribution is 0.104. The van der Waals surface area contributed by atoms with E-state index in [0.717, 1.165) is 40.0 Å². The Balaban J connectivity index is 1.77. The van der Waals surface area contributed by atoms with Gasteiger partial charge >= 0.3 is 0 Å². The minimum absolute atomic E-state index is 0.175. The molecule has 1 N–H and O–H groups in total. The number of rotatable bonds is 4. The van der Waals surface area contributed by atoms with Crippen LogP contribution in [0.3, 0.4) is 0 Å². The van der Waals surface area contributed by atoms with Crippen LogP contribution in [0.5, 0.6) is 0 Å². The van der Waals surface area contributed by atoms with Crippen molar-refractivity contribution in [1.82, 2.24) is 0 Å². The van der Waals surface area contributed by atoms with Gasteiger partial charge in [-0.15, -0.1) is 11.3 Å². The molecule has 0 fully saturated rings. The van der Waals surface area contributed by atoms with E-state index in [1.165, 1.54) is 24.3 Å². The van der Waals surface area contributed by atoms with E-state index < -0.39 is 38.2 Å². The average molecular weight is 450 g/mol. The third-order valence-electron chi connectivity index (χ3n) is 4.41. The highest BCUT2D eigenvalue weighted by Gasteiger charge is 2.41. The smallest absolute Gasteiger partial charge is 0.270 e. The second-order valence-corrected chi connectivity index (χ2v) is 9.13. The van der Waals surface area contributed by atoms with Crippen LogP contribution in [-0.2, 0) is 16.6 Å². The van der Waals surface area contributed by atoms with Gasteiger partial charge in [0.1, 0.15) is 22.3 Å². The third-order valence-corrected chi connectivity index (χ3v) is 7.08. The van der Waals surface area contributed by atoms with Crippen molar-refractivity contribution in [2.75, 3.05) is 9.62 Å². The van der Waals surface area contributed by atoms with Crippen LogP contribution in [0.2, 0.25) is 0 Å². The molecule has 1 aromatic heterocycles. The molecule has 3 aromatic rings. The molecule has 0 bridgehead atoms. The first-order valence-corrected chi connectivity index (χ1v) is 10.9. The second-order valence-electron chi connectivity index (χ2n) is 6.38. The highest BCUT2D eigenvalue weighted by atomic mass is 32.2. The Labute approximate surface area is 174 Å². The minimum Gasteiger partial charge on any atom is -0.358 e. The summed E-state index contributed by atoms with van der Waals surface area (Å²) in [5.41, 5.74) is 0.246. The summed E-state index contributed by atoms with van der Waals surface area (Å²) in [5.74, 6) is -2.84. The predicted molar refractivity (Wildman–Crippen MR) is 108 cm³/mol. The molecule has 0 amide bonds.